The smallest absolute Gasteiger partial charge is 0.257 e. The summed E-state index contributed by atoms with van der Waals surface area (Å²) in [6.45, 7) is 0.255. The number of carbonyl (C=O) groups is 1. The van der Waals surface area contributed by atoms with Crippen LogP contribution in [0.5, 0.6) is 5.75 Å². The molecular weight excluding hydrogens is 293 g/mol. The lowest BCUT2D eigenvalue weighted by molar-refractivity contribution is 0.102. The van der Waals surface area contributed by atoms with Crippen LogP contribution in [-0.4, -0.2) is 24.5 Å². The first kappa shape index (κ1) is 15.0. The lowest BCUT2D eigenvalue weighted by atomic mass is 10.2. The average molecular weight is 305 g/mol. The number of carbonyl (C=O) groups excluding carboxylic acids is 1. The molecule has 0 unspecified atom stereocenters. The minimum absolute atomic E-state index is 0.0835. The number of amides is 1. The van der Waals surface area contributed by atoms with Gasteiger partial charge in [0.25, 0.3) is 5.91 Å². The topological polar surface area (TPSA) is 77.2 Å². The zero-order chi connectivity index (χ0) is 15.2. The molecule has 21 heavy (non-hydrogen) atoms. The molecule has 0 bridgehead atoms. The number of rotatable bonds is 3. The van der Waals surface area contributed by atoms with E-state index in [2.05, 4.69) is 22.1 Å². The maximum atomic E-state index is 13.5. The molecule has 1 aromatic heterocycles. The molecule has 0 saturated heterocycles. The number of benzene rings is 1. The first-order chi connectivity index (χ1) is 10.1. The zero-order valence-electron chi connectivity index (χ0n) is 11.1. The van der Waals surface area contributed by atoms with Crippen molar-refractivity contribution >= 4 is 22.4 Å². The van der Waals surface area contributed by atoms with E-state index >= 15 is 0 Å². The van der Waals surface area contributed by atoms with E-state index in [0.29, 0.717) is 10.0 Å². The van der Waals surface area contributed by atoms with E-state index in [1.54, 1.807) is 0 Å². The summed E-state index contributed by atoms with van der Waals surface area (Å²) in [6.07, 6.45) is 1.54. The number of ether oxygens (including phenoxy) is 1. The predicted molar refractivity (Wildman–Crippen MR) is 79.0 cm³/mol. The molecule has 2 rings (SSSR count). The van der Waals surface area contributed by atoms with Crippen molar-refractivity contribution in [2.45, 2.75) is 0 Å². The number of anilines is 1. The number of hydrogen-bond donors (Lipinski definition) is 2. The molecule has 3 N–H and O–H groups in total. The van der Waals surface area contributed by atoms with Gasteiger partial charge in [0.1, 0.15) is 0 Å². The summed E-state index contributed by atoms with van der Waals surface area (Å²) in [4.78, 5) is 16.7. The van der Waals surface area contributed by atoms with Crippen LogP contribution in [0, 0.1) is 17.7 Å². The summed E-state index contributed by atoms with van der Waals surface area (Å²) in [5.41, 5.74) is 5.45. The molecule has 108 valence electrons. The summed E-state index contributed by atoms with van der Waals surface area (Å²) >= 11 is 1.22. The Kier molecular flexibility index (Phi) is 4.87. The van der Waals surface area contributed by atoms with Gasteiger partial charge in [0.05, 0.1) is 24.7 Å². The van der Waals surface area contributed by atoms with Crippen molar-refractivity contribution in [3.8, 4) is 17.6 Å². The molecule has 7 heteroatoms. The van der Waals surface area contributed by atoms with Crippen molar-refractivity contribution in [1.29, 1.82) is 0 Å². The van der Waals surface area contributed by atoms with Crippen molar-refractivity contribution in [3.63, 3.8) is 0 Å². The van der Waals surface area contributed by atoms with Gasteiger partial charge >= 0.3 is 0 Å². The minimum atomic E-state index is -0.598. The highest BCUT2D eigenvalue weighted by atomic mass is 32.1. The van der Waals surface area contributed by atoms with Gasteiger partial charge in [-0.15, -0.1) is 0 Å². The van der Waals surface area contributed by atoms with E-state index in [4.69, 9.17) is 10.5 Å². The highest BCUT2D eigenvalue weighted by Crippen LogP contribution is 2.20. The van der Waals surface area contributed by atoms with Crippen LogP contribution < -0.4 is 15.8 Å². The molecule has 0 atom stereocenters. The third kappa shape index (κ3) is 3.78. The molecule has 5 nitrogen and oxygen atoms in total. The SMILES string of the molecule is COc1ccc(C(=O)Nc2ncc(C#CCN)s2)cc1F. The van der Waals surface area contributed by atoms with Gasteiger partial charge in [-0.05, 0) is 18.2 Å². The lowest BCUT2D eigenvalue weighted by Gasteiger charge is -2.04. The van der Waals surface area contributed by atoms with E-state index in [1.165, 1.54) is 36.8 Å². The average Bonchev–Trinajstić information content (AvgIpc) is 2.92. The molecule has 1 amide bonds. The van der Waals surface area contributed by atoms with Gasteiger partial charge < -0.3 is 10.5 Å². The third-order valence-corrected chi connectivity index (χ3v) is 3.28. The van der Waals surface area contributed by atoms with E-state index in [1.807, 2.05) is 0 Å². The molecular formula is C14H12FN3O2S. The number of hydrogen-bond acceptors (Lipinski definition) is 5. The maximum Gasteiger partial charge on any atom is 0.257 e. The van der Waals surface area contributed by atoms with E-state index in [0.717, 1.165) is 6.07 Å². The Balaban J connectivity index is 2.10. The van der Waals surface area contributed by atoms with Crippen molar-refractivity contribution in [2.75, 3.05) is 19.0 Å². The second-order valence-corrected chi connectivity index (χ2v) is 4.87. The predicted octanol–water partition coefficient (Wildman–Crippen LogP) is 1.85. The van der Waals surface area contributed by atoms with Crippen LogP contribution in [0.2, 0.25) is 0 Å². The summed E-state index contributed by atoms with van der Waals surface area (Å²) in [7, 11) is 1.36. The van der Waals surface area contributed by atoms with Crippen LogP contribution in [0.1, 0.15) is 15.2 Å². The van der Waals surface area contributed by atoms with Crippen LogP contribution in [0.3, 0.4) is 0 Å². The zero-order valence-corrected chi connectivity index (χ0v) is 12.0. The second kappa shape index (κ2) is 6.83. The van der Waals surface area contributed by atoms with E-state index in [9.17, 15) is 9.18 Å². The Morgan fingerprint density at radius 2 is 2.38 bits per heavy atom. The Morgan fingerprint density at radius 3 is 3.05 bits per heavy atom. The highest BCUT2D eigenvalue weighted by Gasteiger charge is 2.11. The molecule has 0 aliphatic carbocycles. The summed E-state index contributed by atoms with van der Waals surface area (Å²) in [5, 5.41) is 2.97. The Morgan fingerprint density at radius 1 is 1.57 bits per heavy atom. The highest BCUT2D eigenvalue weighted by molar-refractivity contribution is 7.16. The fourth-order valence-corrected chi connectivity index (χ4v) is 2.19. The molecule has 1 aromatic carbocycles. The molecule has 1 heterocycles. The number of nitrogens with zero attached hydrogens (tertiary/aromatic N) is 1. The quantitative estimate of drug-likeness (QED) is 0.849. The summed E-state index contributed by atoms with van der Waals surface area (Å²) in [5.74, 6) is 4.54. The summed E-state index contributed by atoms with van der Waals surface area (Å²) in [6, 6.07) is 3.97. The standard InChI is InChI=1S/C14H12FN3O2S/c1-20-12-5-4-9(7-11(12)15)13(19)18-14-17-8-10(21-14)3-2-6-16/h4-5,7-8H,6,16H2,1H3,(H,17,18,19). The Labute approximate surface area is 125 Å². The number of aromatic nitrogens is 1. The van der Waals surface area contributed by atoms with Crippen LogP contribution in [0.15, 0.2) is 24.4 Å². The van der Waals surface area contributed by atoms with Crippen LogP contribution in [0.25, 0.3) is 0 Å². The maximum absolute atomic E-state index is 13.5. The molecule has 0 aliphatic heterocycles. The number of nitrogens with two attached hydrogens (primary N) is 1. The van der Waals surface area contributed by atoms with Crippen molar-refractivity contribution < 1.29 is 13.9 Å². The first-order valence-corrected chi connectivity index (χ1v) is 6.75. The number of methoxy groups -OCH3 is 1. The Bertz CT molecular complexity index is 718. The number of nitrogens with one attached hydrogen (secondary N) is 1. The van der Waals surface area contributed by atoms with Gasteiger partial charge in [-0.3, -0.25) is 10.1 Å². The monoisotopic (exact) mass is 305 g/mol. The van der Waals surface area contributed by atoms with Gasteiger partial charge in [-0.2, -0.15) is 0 Å². The van der Waals surface area contributed by atoms with Crippen LogP contribution >= 0.6 is 11.3 Å². The van der Waals surface area contributed by atoms with E-state index in [-0.39, 0.29) is 17.9 Å². The molecule has 0 aliphatic rings. The molecule has 0 fully saturated rings. The Hall–Kier alpha value is -2.43. The number of thiazole rings is 1. The summed E-state index contributed by atoms with van der Waals surface area (Å²) < 4.78 is 18.3. The normalized spacial score (nSPS) is 9.67. The molecule has 0 radical (unpaired) electrons. The number of halogens is 1. The van der Waals surface area contributed by atoms with Crippen molar-refractivity contribution in [1.82, 2.24) is 4.98 Å². The van der Waals surface area contributed by atoms with Crippen molar-refractivity contribution in [3.05, 3.63) is 40.7 Å². The van der Waals surface area contributed by atoms with Crippen molar-refractivity contribution in [2.24, 2.45) is 5.73 Å². The van der Waals surface area contributed by atoms with Crippen LogP contribution in [0.4, 0.5) is 9.52 Å². The van der Waals surface area contributed by atoms with Gasteiger partial charge in [-0.1, -0.05) is 23.2 Å². The fourth-order valence-electron chi connectivity index (χ4n) is 1.50. The minimum Gasteiger partial charge on any atom is -0.494 e. The first-order valence-electron chi connectivity index (χ1n) is 5.93. The largest absolute Gasteiger partial charge is 0.494 e. The van der Waals surface area contributed by atoms with Gasteiger partial charge in [0, 0.05) is 5.56 Å². The molecule has 0 saturated carbocycles. The molecule has 0 spiro atoms. The lowest BCUT2D eigenvalue weighted by Crippen LogP contribution is -2.11. The van der Waals surface area contributed by atoms with Gasteiger partial charge in [-0.25, -0.2) is 9.37 Å². The fraction of sp³-hybridized carbons (Fsp3) is 0.143. The third-order valence-electron chi connectivity index (χ3n) is 2.45. The van der Waals surface area contributed by atoms with Gasteiger partial charge in [0.15, 0.2) is 16.7 Å². The molecule has 2 aromatic rings. The second-order valence-electron chi connectivity index (χ2n) is 3.84. The van der Waals surface area contributed by atoms with Crippen LogP contribution in [-0.2, 0) is 0 Å². The van der Waals surface area contributed by atoms with E-state index < -0.39 is 11.7 Å². The van der Waals surface area contributed by atoms with Gasteiger partial charge in [0.2, 0.25) is 0 Å².